The first-order chi connectivity index (χ1) is 12.8. The second-order valence-electron chi connectivity index (χ2n) is 7.59. The maximum Gasteiger partial charge on any atom is 0.273 e. The zero-order valence-corrected chi connectivity index (χ0v) is 16.0. The van der Waals surface area contributed by atoms with E-state index < -0.39 is 0 Å². The molecular weight excluding hydrogens is 342 g/mol. The predicted molar refractivity (Wildman–Crippen MR) is 105 cm³/mol. The van der Waals surface area contributed by atoms with Gasteiger partial charge in [0.25, 0.3) is 5.91 Å². The van der Waals surface area contributed by atoms with Crippen LogP contribution in [-0.2, 0) is 6.42 Å². The third-order valence-corrected chi connectivity index (χ3v) is 6.60. The first-order valence-electron chi connectivity index (χ1n) is 9.73. The van der Waals surface area contributed by atoms with Crippen LogP contribution in [0.4, 0.5) is 0 Å². The highest BCUT2D eigenvalue weighted by atomic mass is 32.1. The fourth-order valence-corrected chi connectivity index (χ4v) is 4.96. The third kappa shape index (κ3) is 4.15. The van der Waals surface area contributed by atoms with Gasteiger partial charge in [-0.2, -0.15) is 0 Å². The van der Waals surface area contributed by atoms with Gasteiger partial charge in [-0.05, 0) is 49.6 Å². The molecule has 1 amide bonds. The van der Waals surface area contributed by atoms with E-state index in [2.05, 4.69) is 40.2 Å². The topological polar surface area (TPSA) is 36.4 Å². The molecule has 1 aromatic carbocycles. The summed E-state index contributed by atoms with van der Waals surface area (Å²) < 4.78 is 0. The Bertz CT molecular complexity index is 695. The van der Waals surface area contributed by atoms with E-state index >= 15 is 0 Å². The molecule has 26 heavy (non-hydrogen) atoms. The molecule has 0 radical (unpaired) electrons. The molecule has 0 saturated carbocycles. The summed E-state index contributed by atoms with van der Waals surface area (Å²) in [7, 11) is 0. The molecule has 138 valence electrons. The van der Waals surface area contributed by atoms with Crippen LogP contribution in [0.25, 0.3) is 0 Å². The molecular formula is C21H27N3OS. The van der Waals surface area contributed by atoms with E-state index in [9.17, 15) is 4.79 Å². The average Bonchev–Trinajstić information content (AvgIpc) is 3.39. The van der Waals surface area contributed by atoms with Crippen molar-refractivity contribution >= 4 is 17.2 Å². The standard InChI is InChI=1S/C21H27N3OS/c25-21(20-15-26-16-22-20)24-12-8-18(9-13-24)19-7-11-23(14-19)10-6-17-4-2-1-3-5-17/h1-5,15-16,18-19H,6-14H2. The molecule has 2 aliphatic rings. The van der Waals surface area contributed by atoms with Crippen LogP contribution in [0.2, 0.25) is 0 Å². The van der Waals surface area contributed by atoms with Gasteiger partial charge >= 0.3 is 0 Å². The minimum atomic E-state index is 0.112. The number of hydrogen-bond acceptors (Lipinski definition) is 4. The first-order valence-corrected chi connectivity index (χ1v) is 10.7. The van der Waals surface area contributed by atoms with Gasteiger partial charge in [-0.25, -0.2) is 4.98 Å². The van der Waals surface area contributed by atoms with Crippen molar-refractivity contribution < 1.29 is 4.79 Å². The number of nitrogens with zero attached hydrogens (tertiary/aromatic N) is 3. The lowest BCUT2D eigenvalue weighted by molar-refractivity contribution is 0.0654. The number of hydrogen-bond donors (Lipinski definition) is 0. The molecule has 1 aromatic heterocycles. The summed E-state index contributed by atoms with van der Waals surface area (Å²) in [5.41, 5.74) is 3.79. The summed E-state index contributed by atoms with van der Waals surface area (Å²) in [5, 5.41) is 1.86. The van der Waals surface area contributed by atoms with E-state index in [1.54, 1.807) is 5.51 Å². The summed E-state index contributed by atoms with van der Waals surface area (Å²) in [6.07, 6.45) is 4.76. The third-order valence-electron chi connectivity index (χ3n) is 6.01. The number of carbonyl (C=O) groups is 1. The predicted octanol–water partition coefficient (Wildman–Crippen LogP) is 3.56. The number of thiazole rings is 1. The zero-order valence-electron chi connectivity index (χ0n) is 15.2. The van der Waals surface area contributed by atoms with Crippen molar-refractivity contribution in [3.8, 4) is 0 Å². The maximum absolute atomic E-state index is 12.4. The highest BCUT2D eigenvalue weighted by Gasteiger charge is 2.33. The van der Waals surface area contributed by atoms with E-state index in [1.165, 1.54) is 43.0 Å². The van der Waals surface area contributed by atoms with Crippen molar-refractivity contribution in [1.29, 1.82) is 0 Å². The molecule has 0 aliphatic carbocycles. The highest BCUT2D eigenvalue weighted by molar-refractivity contribution is 7.07. The van der Waals surface area contributed by atoms with Crippen molar-refractivity contribution in [2.24, 2.45) is 11.8 Å². The highest BCUT2D eigenvalue weighted by Crippen LogP contribution is 2.32. The van der Waals surface area contributed by atoms with Crippen LogP contribution in [0.3, 0.4) is 0 Å². The zero-order chi connectivity index (χ0) is 17.8. The van der Waals surface area contributed by atoms with E-state index in [0.717, 1.165) is 44.2 Å². The van der Waals surface area contributed by atoms with Crippen molar-refractivity contribution in [2.75, 3.05) is 32.7 Å². The maximum atomic E-state index is 12.4. The Morgan fingerprint density at radius 2 is 1.85 bits per heavy atom. The lowest BCUT2D eigenvalue weighted by Gasteiger charge is -2.34. The second kappa shape index (κ2) is 8.31. The Balaban J connectivity index is 1.22. The number of aromatic nitrogens is 1. The van der Waals surface area contributed by atoms with Crippen LogP contribution in [0.15, 0.2) is 41.2 Å². The first kappa shape index (κ1) is 17.7. The van der Waals surface area contributed by atoms with Crippen molar-refractivity contribution in [1.82, 2.24) is 14.8 Å². The Morgan fingerprint density at radius 3 is 2.58 bits per heavy atom. The molecule has 5 heteroatoms. The number of benzene rings is 1. The number of rotatable bonds is 5. The van der Waals surface area contributed by atoms with E-state index in [1.807, 2.05) is 10.3 Å². The second-order valence-corrected chi connectivity index (χ2v) is 8.31. The molecule has 2 aliphatic heterocycles. The van der Waals surface area contributed by atoms with Crippen LogP contribution in [0.5, 0.6) is 0 Å². The van der Waals surface area contributed by atoms with Gasteiger partial charge in [0.05, 0.1) is 5.51 Å². The minimum absolute atomic E-state index is 0.112. The largest absolute Gasteiger partial charge is 0.337 e. The van der Waals surface area contributed by atoms with Crippen LogP contribution < -0.4 is 0 Å². The quantitative estimate of drug-likeness (QED) is 0.809. The lowest BCUT2D eigenvalue weighted by Crippen LogP contribution is -2.40. The molecule has 2 fully saturated rings. The SMILES string of the molecule is O=C(c1cscn1)N1CCC(C2CCN(CCc3ccccc3)C2)CC1. The molecule has 2 saturated heterocycles. The normalized spacial score (nSPS) is 22.0. The summed E-state index contributed by atoms with van der Waals surface area (Å²) in [5.74, 6) is 1.69. The molecule has 0 bridgehead atoms. The van der Waals surface area contributed by atoms with Crippen molar-refractivity contribution in [3.05, 3.63) is 52.5 Å². The van der Waals surface area contributed by atoms with Crippen LogP contribution >= 0.6 is 11.3 Å². The Labute approximate surface area is 159 Å². The average molecular weight is 370 g/mol. The number of carbonyl (C=O) groups excluding carboxylic acids is 1. The van der Waals surface area contributed by atoms with Gasteiger partial charge in [0.2, 0.25) is 0 Å². The molecule has 3 heterocycles. The van der Waals surface area contributed by atoms with Gasteiger partial charge in [-0.15, -0.1) is 11.3 Å². The molecule has 0 N–H and O–H groups in total. The minimum Gasteiger partial charge on any atom is -0.337 e. The van der Waals surface area contributed by atoms with Gasteiger partial charge in [-0.1, -0.05) is 30.3 Å². The summed E-state index contributed by atoms with van der Waals surface area (Å²) in [6.45, 7) is 5.41. The number of piperidine rings is 1. The molecule has 4 rings (SSSR count). The summed E-state index contributed by atoms with van der Waals surface area (Å²) in [4.78, 5) is 21.2. The fraction of sp³-hybridized carbons (Fsp3) is 0.524. The fourth-order valence-electron chi connectivity index (χ4n) is 4.44. The van der Waals surface area contributed by atoms with Gasteiger partial charge in [0, 0.05) is 31.6 Å². The molecule has 0 spiro atoms. The summed E-state index contributed by atoms with van der Waals surface area (Å²) >= 11 is 1.49. The van der Waals surface area contributed by atoms with Crippen molar-refractivity contribution in [2.45, 2.75) is 25.7 Å². The molecule has 1 unspecified atom stereocenters. The van der Waals surface area contributed by atoms with Crippen molar-refractivity contribution in [3.63, 3.8) is 0 Å². The smallest absolute Gasteiger partial charge is 0.273 e. The Morgan fingerprint density at radius 1 is 1.08 bits per heavy atom. The molecule has 1 atom stereocenters. The van der Waals surface area contributed by atoms with Crippen LogP contribution in [0, 0.1) is 11.8 Å². The summed E-state index contributed by atoms with van der Waals surface area (Å²) in [6, 6.07) is 10.8. The van der Waals surface area contributed by atoms with Gasteiger partial charge in [0.1, 0.15) is 5.69 Å². The monoisotopic (exact) mass is 369 g/mol. The van der Waals surface area contributed by atoms with E-state index in [4.69, 9.17) is 0 Å². The van der Waals surface area contributed by atoms with E-state index in [-0.39, 0.29) is 5.91 Å². The van der Waals surface area contributed by atoms with Gasteiger partial charge in [0.15, 0.2) is 0 Å². The van der Waals surface area contributed by atoms with Gasteiger partial charge in [-0.3, -0.25) is 4.79 Å². The molecule has 2 aromatic rings. The van der Waals surface area contributed by atoms with Crippen LogP contribution in [0.1, 0.15) is 35.3 Å². The Hall–Kier alpha value is -1.72. The number of amides is 1. The Kier molecular flexibility index (Phi) is 5.65. The van der Waals surface area contributed by atoms with Crippen LogP contribution in [-0.4, -0.2) is 53.4 Å². The van der Waals surface area contributed by atoms with E-state index in [0.29, 0.717) is 5.69 Å². The lowest BCUT2D eigenvalue weighted by atomic mass is 9.83. The molecule has 4 nitrogen and oxygen atoms in total. The van der Waals surface area contributed by atoms with Gasteiger partial charge < -0.3 is 9.80 Å². The number of likely N-dealkylation sites (tertiary alicyclic amines) is 2.